The number of nitrogens with two attached hydrogens (primary N) is 1. The van der Waals surface area contributed by atoms with Crippen molar-refractivity contribution in [3.8, 4) is 0 Å². The topological polar surface area (TPSA) is 67.1 Å². The van der Waals surface area contributed by atoms with E-state index in [0.29, 0.717) is 5.82 Å². The summed E-state index contributed by atoms with van der Waals surface area (Å²) in [7, 11) is 2.04. The molecule has 0 aromatic carbocycles. The van der Waals surface area contributed by atoms with Crippen LogP contribution in [0, 0.1) is 11.8 Å². The predicted molar refractivity (Wildman–Crippen MR) is 60.4 cm³/mol. The first-order chi connectivity index (χ1) is 7.20. The molecule has 0 radical (unpaired) electrons. The van der Waals surface area contributed by atoms with Crippen molar-refractivity contribution in [1.82, 2.24) is 9.97 Å². The highest BCUT2D eigenvalue weighted by Crippen LogP contribution is 2.38. The molecule has 0 amide bonds. The third-order valence-electron chi connectivity index (χ3n) is 2.95. The van der Waals surface area contributed by atoms with E-state index in [1.807, 2.05) is 7.05 Å². The highest BCUT2D eigenvalue weighted by molar-refractivity contribution is 5.42. The van der Waals surface area contributed by atoms with Crippen LogP contribution in [0.4, 0.5) is 11.6 Å². The lowest BCUT2D eigenvalue weighted by atomic mass is 10.3. The van der Waals surface area contributed by atoms with Crippen molar-refractivity contribution < 1.29 is 0 Å². The molecule has 0 aliphatic heterocycles. The van der Waals surface area contributed by atoms with Gasteiger partial charge in [-0.05, 0) is 18.3 Å². The summed E-state index contributed by atoms with van der Waals surface area (Å²) in [5.41, 5.74) is 2.50. The van der Waals surface area contributed by atoms with Gasteiger partial charge in [-0.3, -0.25) is 4.98 Å². The Kier molecular flexibility index (Phi) is 2.73. The van der Waals surface area contributed by atoms with Gasteiger partial charge in [-0.2, -0.15) is 0 Å². The van der Waals surface area contributed by atoms with Crippen LogP contribution in [0.15, 0.2) is 12.4 Å². The summed E-state index contributed by atoms with van der Waals surface area (Å²) in [5, 5.41) is 0. The summed E-state index contributed by atoms with van der Waals surface area (Å²) >= 11 is 0. The van der Waals surface area contributed by atoms with E-state index in [2.05, 4.69) is 27.2 Å². The lowest BCUT2D eigenvalue weighted by Crippen LogP contribution is -2.22. The van der Waals surface area contributed by atoms with Crippen LogP contribution in [-0.2, 0) is 0 Å². The molecule has 1 heterocycles. The Bertz CT molecular complexity index is 340. The number of nitrogens with one attached hydrogen (secondary N) is 1. The molecule has 15 heavy (non-hydrogen) atoms. The molecular formula is C10H17N5. The Morgan fingerprint density at radius 3 is 2.93 bits per heavy atom. The highest BCUT2D eigenvalue weighted by Gasteiger charge is 2.33. The molecule has 1 aliphatic rings. The molecule has 0 saturated heterocycles. The zero-order chi connectivity index (χ0) is 10.8. The van der Waals surface area contributed by atoms with Crippen LogP contribution >= 0.6 is 0 Å². The molecule has 1 aromatic heterocycles. The van der Waals surface area contributed by atoms with E-state index in [1.54, 1.807) is 12.4 Å². The maximum absolute atomic E-state index is 5.28. The molecule has 5 nitrogen and oxygen atoms in total. The van der Waals surface area contributed by atoms with E-state index in [-0.39, 0.29) is 0 Å². The zero-order valence-corrected chi connectivity index (χ0v) is 9.14. The van der Waals surface area contributed by atoms with Gasteiger partial charge < -0.3 is 10.3 Å². The molecule has 1 fully saturated rings. The predicted octanol–water partition coefficient (Wildman–Crippen LogP) is 0.854. The van der Waals surface area contributed by atoms with Crippen molar-refractivity contribution >= 4 is 11.6 Å². The van der Waals surface area contributed by atoms with Crippen molar-refractivity contribution in [1.29, 1.82) is 0 Å². The summed E-state index contributed by atoms with van der Waals surface area (Å²) in [6.07, 6.45) is 4.69. The van der Waals surface area contributed by atoms with E-state index in [1.165, 1.54) is 6.42 Å². The minimum absolute atomic E-state index is 0.600. The SMILES string of the molecule is CC1CC1CN(C)c1cncc(NN)n1. The standard InChI is InChI=1S/C10H17N5/c1-7-3-8(7)6-15(2)10-5-12-4-9(13-10)14-11/h4-5,7-8H,3,6,11H2,1-2H3,(H,13,14). The molecule has 0 spiro atoms. The van der Waals surface area contributed by atoms with Crippen molar-refractivity contribution in [2.75, 3.05) is 23.9 Å². The van der Waals surface area contributed by atoms with Gasteiger partial charge in [0, 0.05) is 13.6 Å². The van der Waals surface area contributed by atoms with Crippen molar-refractivity contribution in [3.05, 3.63) is 12.4 Å². The van der Waals surface area contributed by atoms with Crippen molar-refractivity contribution in [2.24, 2.45) is 17.7 Å². The Morgan fingerprint density at radius 2 is 2.33 bits per heavy atom. The molecule has 3 N–H and O–H groups in total. The number of hydrogen-bond donors (Lipinski definition) is 2. The van der Waals surface area contributed by atoms with Gasteiger partial charge in [0.25, 0.3) is 0 Å². The second-order valence-electron chi connectivity index (χ2n) is 4.26. The maximum atomic E-state index is 5.28. The van der Waals surface area contributed by atoms with Gasteiger partial charge >= 0.3 is 0 Å². The second-order valence-corrected chi connectivity index (χ2v) is 4.26. The Labute approximate surface area is 89.7 Å². The van der Waals surface area contributed by atoms with Crippen LogP contribution in [0.2, 0.25) is 0 Å². The van der Waals surface area contributed by atoms with Gasteiger partial charge in [0.1, 0.15) is 5.82 Å². The largest absolute Gasteiger partial charge is 0.358 e. The van der Waals surface area contributed by atoms with Crippen LogP contribution in [-0.4, -0.2) is 23.6 Å². The van der Waals surface area contributed by atoms with Crippen molar-refractivity contribution in [2.45, 2.75) is 13.3 Å². The monoisotopic (exact) mass is 207 g/mol. The maximum Gasteiger partial charge on any atom is 0.160 e. The Hall–Kier alpha value is -1.36. The van der Waals surface area contributed by atoms with Gasteiger partial charge in [-0.15, -0.1) is 0 Å². The Morgan fingerprint density at radius 1 is 1.60 bits per heavy atom. The minimum Gasteiger partial charge on any atom is -0.358 e. The first-order valence-corrected chi connectivity index (χ1v) is 5.20. The minimum atomic E-state index is 0.600. The average molecular weight is 207 g/mol. The van der Waals surface area contributed by atoms with Gasteiger partial charge in [0.15, 0.2) is 5.82 Å². The van der Waals surface area contributed by atoms with E-state index in [4.69, 9.17) is 5.84 Å². The fraction of sp³-hybridized carbons (Fsp3) is 0.600. The molecule has 1 aliphatic carbocycles. The molecule has 2 unspecified atom stereocenters. The fourth-order valence-electron chi connectivity index (χ4n) is 1.71. The van der Waals surface area contributed by atoms with Gasteiger partial charge in [0.2, 0.25) is 0 Å². The van der Waals surface area contributed by atoms with Crippen LogP contribution < -0.4 is 16.2 Å². The Balaban J connectivity index is 2.00. The fourth-order valence-corrected chi connectivity index (χ4v) is 1.71. The number of nitrogen functional groups attached to an aromatic ring is 1. The van der Waals surface area contributed by atoms with Gasteiger partial charge in [-0.1, -0.05) is 6.92 Å². The summed E-state index contributed by atoms with van der Waals surface area (Å²) in [5.74, 6) is 8.42. The van der Waals surface area contributed by atoms with Crippen LogP contribution in [0.25, 0.3) is 0 Å². The van der Waals surface area contributed by atoms with E-state index < -0.39 is 0 Å². The summed E-state index contributed by atoms with van der Waals surface area (Å²) in [6.45, 7) is 3.33. The highest BCUT2D eigenvalue weighted by atomic mass is 15.3. The number of rotatable bonds is 4. The molecule has 5 heteroatoms. The number of hydrazine groups is 1. The molecule has 1 saturated carbocycles. The number of nitrogens with zero attached hydrogens (tertiary/aromatic N) is 3. The third kappa shape index (κ3) is 2.36. The van der Waals surface area contributed by atoms with Gasteiger partial charge in [0.05, 0.1) is 12.4 Å². The second kappa shape index (κ2) is 4.02. The summed E-state index contributed by atoms with van der Waals surface area (Å²) in [4.78, 5) is 10.5. The van der Waals surface area contributed by atoms with Crippen molar-refractivity contribution in [3.63, 3.8) is 0 Å². The van der Waals surface area contributed by atoms with Crippen LogP contribution in [0.5, 0.6) is 0 Å². The van der Waals surface area contributed by atoms with Gasteiger partial charge in [-0.25, -0.2) is 10.8 Å². The number of anilines is 2. The first kappa shape index (κ1) is 10.2. The lowest BCUT2D eigenvalue weighted by molar-refractivity contribution is 0.718. The lowest BCUT2D eigenvalue weighted by Gasteiger charge is -2.17. The zero-order valence-electron chi connectivity index (χ0n) is 9.14. The average Bonchev–Trinajstić information content (AvgIpc) is 2.94. The van der Waals surface area contributed by atoms with E-state index in [0.717, 1.165) is 24.2 Å². The van der Waals surface area contributed by atoms with Crippen LogP contribution in [0.3, 0.4) is 0 Å². The quantitative estimate of drug-likeness (QED) is 0.566. The molecule has 2 atom stereocenters. The molecule has 2 rings (SSSR count). The first-order valence-electron chi connectivity index (χ1n) is 5.20. The number of hydrogen-bond acceptors (Lipinski definition) is 5. The third-order valence-corrected chi connectivity index (χ3v) is 2.95. The van der Waals surface area contributed by atoms with E-state index in [9.17, 15) is 0 Å². The molecular weight excluding hydrogens is 190 g/mol. The van der Waals surface area contributed by atoms with Crippen LogP contribution in [0.1, 0.15) is 13.3 Å². The normalized spacial score (nSPS) is 23.7. The molecule has 82 valence electrons. The number of aromatic nitrogens is 2. The molecule has 0 bridgehead atoms. The molecule has 1 aromatic rings. The van der Waals surface area contributed by atoms with E-state index >= 15 is 0 Å². The smallest absolute Gasteiger partial charge is 0.160 e. The summed E-state index contributed by atoms with van der Waals surface area (Å²) in [6, 6.07) is 0. The summed E-state index contributed by atoms with van der Waals surface area (Å²) < 4.78 is 0.